The minimum absolute atomic E-state index is 0.177. The third kappa shape index (κ3) is 2.21. The summed E-state index contributed by atoms with van der Waals surface area (Å²) in [7, 11) is 0. The van der Waals surface area contributed by atoms with Gasteiger partial charge in [-0.15, -0.1) is 0 Å². The van der Waals surface area contributed by atoms with E-state index >= 15 is 0 Å². The van der Waals surface area contributed by atoms with E-state index in [1.807, 2.05) is 0 Å². The molecule has 0 heterocycles. The maximum absolute atomic E-state index is 10.5. The third-order valence-electron chi connectivity index (χ3n) is 1.51. The Kier molecular flexibility index (Phi) is 3.30. The van der Waals surface area contributed by atoms with Crippen molar-refractivity contribution < 1.29 is 15.0 Å². The van der Waals surface area contributed by atoms with Crippen LogP contribution in [0.4, 0.5) is 0 Å². The Morgan fingerprint density at radius 1 is 1.54 bits per heavy atom. The first-order valence-corrected chi connectivity index (χ1v) is 4.56. The molecule has 1 rings (SSSR count). The molecule has 1 aromatic carbocycles. The second kappa shape index (κ2) is 4.09. The molecule has 0 spiro atoms. The van der Waals surface area contributed by atoms with Crippen molar-refractivity contribution in [2.24, 2.45) is 0 Å². The Balaban J connectivity index is 3.20. The number of halogens is 2. The van der Waals surface area contributed by atoms with Gasteiger partial charge in [-0.2, -0.15) is 0 Å². The summed E-state index contributed by atoms with van der Waals surface area (Å²) in [6.45, 7) is 0. The summed E-state index contributed by atoms with van der Waals surface area (Å²) in [5, 5.41) is 18.0. The molecule has 1 aromatic rings. The van der Waals surface area contributed by atoms with E-state index in [2.05, 4.69) is 15.9 Å². The molecular formula is C8H6BrClO3. The van der Waals surface area contributed by atoms with Gasteiger partial charge in [0.2, 0.25) is 0 Å². The second-order valence-corrected chi connectivity index (χ2v) is 3.64. The molecule has 0 aliphatic rings. The summed E-state index contributed by atoms with van der Waals surface area (Å²) >= 11 is 8.82. The van der Waals surface area contributed by atoms with Crippen LogP contribution in [0, 0.1) is 0 Å². The Hall–Kier alpha value is -0.580. The van der Waals surface area contributed by atoms with Gasteiger partial charge in [-0.3, -0.25) is 0 Å². The molecule has 0 fully saturated rings. The Morgan fingerprint density at radius 2 is 2.15 bits per heavy atom. The van der Waals surface area contributed by atoms with Gasteiger partial charge in [-0.25, -0.2) is 4.79 Å². The number of aliphatic carboxylic acids is 1. The highest BCUT2D eigenvalue weighted by molar-refractivity contribution is 9.10. The summed E-state index contributed by atoms with van der Waals surface area (Å²) in [5.41, 5.74) is 0.177. The van der Waals surface area contributed by atoms with E-state index in [0.717, 1.165) is 0 Å². The summed E-state index contributed by atoms with van der Waals surface area (Å²) < 4.78 is 0.481. The standard InChI is InChI=1S/C8H6BrClO3/c9-4-2-1-3-5(10)6(4)7(11)8(12)13/h1-3,7,11H,(H,12,13)/t7-/m0/s1. The van der Waals surface area contributed by atoms with Crippen LogP contribution in [0.3, 0.4) is 0 Å². The van der Waals surface area contributed by atoms with Gasteiger partial charge in [-0.1, -0.05) is 33.6 Å². The average Bonchev–Trinajstić information content (AvgIpc) is 2.03. The van der Waals surface area contributed by atoms with E-state index in [1.165, 1.54) is 6.07 Å². The van der Waals surface area contributed by atoms with Crippen molar-refractivity contribution in [2.75, 3.05) is 0 Å². The highest BCUT2D eigenvalue weighted by Gasteiger charge is 2.21. The van der Waals surface area contributed by atoms with Gasteiger partial charge >= 0.3 is 5.97 Å². The van der Waals surface area contributed by atoms with Crippen LogP contribution in [0.1, 0.15) is 11.7 Å². The first-order chi connectivity index (χ1) is 6.04. The minimum Gasteiger partial charge on any atom is -0.479 e. The smallest absolute Gasteiger partial charge is 0.337 e. The number of rotatable bonds is 2. The largest absolute Gasteiger partial charge is 0.479 e. The van der Waals surface area contributed by atoms with Crippen molar-refractivity contribution >= 4 is 33.5 Å². The Labute approximate surface area is 88.1 Å². The van der Waals surface area contributed by atoms with E-state index in [-0.39, 0.29) is 10.6 Å². The Bertz CT molecular complexity index is 320. The van der Waals surface area contributed by atoms with Crippen LogP contribution in [0.2, 0.25) is 5.02 Å². The molecule has 0 saturated carbocycles. The lowest BCUT2D eigenvalue weighted by Gasteiger charge is -2.09. The van der Waals surface area contributed by atoms with Crippen LogP contribution in [0.5, 0.6) is 0 Å². The van der Waals surface area contributed by atoms with Crippen LogP contribution in [0.25, 0.3) is 0 Å². The fourth-order valence-corrected chi connectivity index (χ4v) is 1.87. The fourth-order valence-electron chi connectivity index (χ4n) is 0.895. The maximum Gasteiger partial charge on any atom is 0.337 e. The number of carboxylic acids is 1. The molecular weight excluding hydrogens is 259 g/mol. The zero-order chi connectivity index (χ0) is 10.0. The summed E-state index contributed by atoms with van der Waals surface area (Å²) in [6.07, 6.45) is -1.59. The van der Waals surface area contributed by atoms with Gasteiger partial charge in [0.25, 0.3) is 0 Å². The number of benzene rings is 1. The molecule has 5 heteroatoms. The fraction of sp³-hybridized carbons (Fsp3) is 0.125. The molecule has 1 atom stereocenters. The van der Waals surface area contributed by atoms with Gasteiger partial charge in [0.15, 0.2) is 6.10 Å². The highest BCUT2D eigenvalue weighted by atomic mass is 79.9. The van der Waals surface area contributed by atoms with E-state index in [0.29, 0.717) is 4.47 Å². The van der Waals surface area contributed by atoms with Crippen molar-refractivity contribution in [1.29, 1.82) is 0 Å². The number of carbonyl (C=O) groups is 1. The van der Waals surface area contributed by atoms with Crippen LogP contribution < -0.4 is 0 Å². The molecule has 0 radical (unpaired) electrons. The lowest BCUT2D eigenvalue weighted by Crippen LogP contribution is -2.11. The zero-order valence-electron chi connectivity index (χ0n) is 6.37. The summed E-state index contributed by atoms with van der Waals surface area (Å²) in [4.78, 5) is 10.5. The average molecular weight is 265 g/mol. The number of hydrogen-bond donors (Lipinski definition) is 2. The second-order valence-electron chi connectivity index (χ2n) is 2.38. The van der Waals surface area contributed by atoms with Gasteiger partial charge < -0.3 is 10.2 Å². The van der Waals surface area contributed by atoms with E-state index in [4.69, 9.17) is 16.7 Å². The zero-order valence-corrected chi connectivity index (χ0v) is 8.71. The number of carboxylic acid groups (broad SMARTS) is 1. The molecule has 3 nitrogen and oxygen atoms in total. The van der Waals surface area contributed by atoms with Gasteiger partial charge in [0, 0.05) is 15.1 Å². The molecule has 0 aromatic heterocycles. The summed E-state index contributed by atoms with van der Waals surface area (Å²) in [5.74, 6) is -1.33. The molecule has 0 aliphatic heterocycles. The first kappa shape index (κ1) is 10.5. The van der Waals surface area contributed by atoms with Gasteiger partial charge in [0.1, 0.15) is 0 Å². The van der Waals surface area contributed by atoms with Gasteiger partial charge in [-0.05, 0) is 12.1 Å². The molecule has 13 heavy (non-hydrogen) atoms. The molecule has 0 saturated heterocycles. The predicted octanol–water partition coefficient (Wildman–Crippen LogP) is 2.22. The molecule has 0 unspecified atom stereocenters. The van der Waals surface area contributed by atoms with E-state index in [1.54, 1.807) is 12.1 Å². The van der Waals surface area contributed by atoms with Crippen molar-refractivity contribution in [3.8, 4) is 0 Å². The first-order valence-electron chi connectivity index (χ1n) is 3.39. The monoisotopic (exact) mass is 264 g/mol. The van der Waals surface area contributed by atoms with E-state index < -0.39 is 12.1 Å². The predicted molar refractivity (Wildman–Crippen MR) is 51.7 cm³/mol. The maximum atomic E-state index is 10.5. The lowest BCUT2D eigenvalue weighted by molar-refractivity contribution is -0.147. The Morgan fingerprint density at radius 3 is 2.62 bits per heavy atom. The highest BCUT2D eigenvalue weighted by Crippen LogP contribution is 2.30. The number of hydrogen-bond acceptors (Lipinski definition) is 2. The molecule has 2 N–H and O–H groups in total. The quantitative estimate of drug-likeness (QED) is 0.862. The lowest BCUT2D eigenvalue weighted by atomic mass is 10.1. The van der Waals surface area contributed by atoms with Crippen LogP contribution in [0.15, 0.2) is 22.7 Å². The van der Waals surface area contributed by atoms with Crippen molar-refractivity contribution in [3.63, 3.8) is 0 Å². The topological polar surface area (TPSA) is 57.5 Å². The van der Waals surface area contributed by atoms with Gasteiger partial charge in [0.05, 0.1) is 0 Å². The molecule has 0 aliphatic carbocycles. The molecule has 0 amide bonds. The van der Waals surface area contributed by atoms with E-state index in [9.17, 15) is 9.90 Å². The van der Waals surface area contributed by atoms with Crippen molar-refractivity contribution in [2.45, 2.75) is 6.10 Å². The minimum atomic E-state index is -1.59. The van der Waals surface area contributed by atoms with Crippen molar-refractivity contribution in [3.05, 3.63) is 33.3 Å². The van der Waals surface area contributed by atoms with Crippen LogP contribution in [-0.4, -0.2) is 16.2 Å². The molecule has 70 valence electrons. The summed E-state index contributed by atoms with van der Waals surface area (Å²) in [6, 6.07) is 4.80. The number of aliphatic hydroxyl groups is 1. The van der Waals surface area contributed by atoms with Crippen molar-refractivity contribution in [1.82, 2.24) is 0 Å². The molecule has 0 bridgehead atoms. The normalized spacial score (nSPS) is 12.5. The third-order valence-corrected chi connectivity index (χ3v) is 2.53. The van der Waals surface area contributed by atoms with Crippen LogP contribution in [-0.2, 0) is 4.79 Å². The van der Waals surface area contributed by atoms with Crippen LogP contribution >= 0.6 is 27.5 Å². The number of aliphatic hydroxyl groups excluding tert-OH is 1. The SMILES string of the molecule is O=C(O)[C@@H](O)c1c(Cl)cccc1Br.